The van der Waals surface area contributed by atoms with Gasteiger partial charge in [-0.25, -0.2) is 14.2 Å². The minimum Gasteiger partial charge on any atom is -0.485 e. The van der Waals surface area contributed by atoms with Crippen molar-refractivity contribution in [2.45, 2.75) is 22.9 Å². The van der Waals surface area contributed by atoms with Crippen molar-refractivity contribution in [3.63, 3.8) is 0 Å². The highest BCUT2D eigenvalue weighted by Gasteiger charge is 2.41. The molecule has 4 rings (SSSR count). The Balaban J connectivity index is 1.43. The topological polar surface area (TPSA) is 68.7 Å². The van der Waals surface area contributed by atoms with E-state index in [1.165, 1.54) is 47.2 Å². The lowest BCUT2D eigenvalue weighted by atomic mass is 10.2. The Hall–Kier alpha value is -2.65. The van der Waals surface area contributed by atoms with Crippen molar-refractivity contribution in [1.29, 1.82) is 0 Å². The summed E-state index contributed by atoms with van der Waals surface area (Å²) >= 11 is 2.85. The number of hydrogen-bond donors (Lipinski definition) is 0. The summed E-state index contributed by atoms with van der Waals surface area (Å²) in [6.45, 7) is 0.188. The zero-order chi connectivity index (χ0) is 21.1. The Labute approximate surface area is 181 Å². The molecule has 6 nitrogen and oxygen atoms in total. The van der Waals surface area contributed by atoms with Crippen molar-refractivity contribution in [3.05, 3.63) is 54.3 Å². The van der Waals surface area contributed by atoms with Gasteiger partial charge >= 0.3 is 5.97 Å². The lowest BCUT2D eigenvalue weighted by molar-refractivity contribution is -0.150. The molecule has 2 heterocycles. The number of fused-ring (bicyclic) bond motifs is 1. The number of thiazole rings is 1. The molecule has 0 aliphatic carbocycles. The standard InChI is InChI=1S/C21H19FN2O4S2/c1-27-20(26)16-10-13(28-17-8-4-2-6-14(17)22)11-24(16)19(25)12-29-21-23-15-7-3-5-9-18(15)30-21/h2-9,13,16H,10-12H2,1H3. The minimum absolute atomic E-state index is 0.101. The predicted molar refractivity (Wildman–Crippen MR) is 113 cm³/mol. The first-order chi connectivity index (χ1) is 14.5. The summed E-state index contributed by atoms with van der Waals surface area (Å²) in [6, 6.07) is 13.1. The number of rotatable bonds is 6. The number of halogens is 1. The van der Waals surface area contributed by atoms with Crippen LogP contribution in [0.4, 0.5) is 4.39 Å². The van der Waals surface area contributed by atoms with Crippen LogP contribution in [0.5, 0.6) is 5.75 Å². The number of carbonyl (C=O) groups excluding carboxylic acids is 2. The number of carbonyl (C=O) groups is 2. The molecule has 2 unspecified atom stereocenters. The first-order valence-electron chi connectivity index (χ1n) is 9.32. The Morgan fingerprint density at radius 3 is 2.77 bits per heavy atom. The second-order valence-electron chi connectivity index (χ2n) is 6.73. The SMILES string of the molecule is COC(=O)C1CC(Oc2ccccc2F)CN1C(=O)CSc1nc2ccccc2s1. The molecule has 156 valence electrons. The van der Waals surface area contributed by atoms with Gasteiger partial charge in [0.05, 0.1) is 29.6 Å². The van der Waals surface area contributed by atoms with E-state index in [1.807, 2.05) is 24.3 Å². The summed E-state index contributed by atoms with van der Waals surface area (Å²) in [5.74, 6) is -0.963. The lowest BCUT2D eigenvalue weighted by Gasteiger charge is -2.21. The molecular formula is C21H19FN2O4S2. The van der Waals surface area contributed by atoms with Crippen molar-refractivity contribution < 1.29 is 23.5 Å². The van der Waals surface area contributed by atoms with Crippen molar-refractivity contribution in [3.8, 4) is 5.75 Å². The average molecular weight is 447 g/mol. The second-order valence-corrected chi connectivity index (χ2v) is 8.98. The van der Waals surface area contributed by atoms with Gasteiger partial charge < -0.3 is 14.4 Å². The first kappa shape index (κ1) is 20.6. The molecule has 0 bridgehead atoms. The molecule has 0 N–H and O–H groups in total. The molecule has 30 heavy (non-hydrogen) atoms. The Morgan fingerprint density at radius 2 is 2.00 bits per heavy atom. The van der Waals surface area contributed by atoms with Gasteiger partial charge in [-0.15, -0.1) is 11.3 Å². The van der Waals surface area contributed by atoms with E-state index in [1.54, 1.807) is 12.1 Å². The zero-order valence-electron chi connectivity index (χ0n) is 16.1. The Bertz CT molecular complexity index is 1040. The number of amides is 1. The van der Waals surface area contributed by atoms with Crippen LogP contribution in [-0.2, 0) is 14.3 Å². The Kier molecular flexibility index (Phi) is 6.19. The maximum atomic E-state index is 13.9. The van der Waals surface area contributed by atoms with E-state index in [9.17, 15) is 14.0 Å². The van der Waals surface area contributed by atoms with Crippen LogP contribution in [0.25, 0.3) is 10.2 Å². The molecule has 0 radical (unpaired) electrons. The molecule has 1 saturated heterocycles. The smallest absolute Gasteiger partial charge is 0.328 e. The van der Waals surface area contributed by atoms with Crippen LogP contribution in [0.3, 0.4) is 0 Å². The van der Waals surface area contributed by atoms with Crippen molar-refractivity contribution in [1.82, 2.24) is 9.88 Å². The van der Waals surface area contributed by atoms with Crippen molar-refractivity contribution in [2.24, 2.45) is 0 Å². The molecule has 1 aromatic heterocycles. The highest BCUT2D eigenvalue weighted by atomic mass is 32.2. The third-order valence-corrected chi connectivity index (χ3v) is 6.94. The highest BCUT2D eigenvalue weighted by molar-refractivity contribution is 8.01. The summed E-state index contributed by atoms with van der Waals surface area (Å²) in [4.78, 5) is 31.1. The predicted octanol–water partition coefficient (Wildman–Crippen LogP) is 3.75. The van der Waals surface area contributed by atoms with E-state index in [2.05, 4.69) is 4.98 Å². The summed E-state index contributed by atoms with van der Waals surface area (Å²) in [5.41, 5.74) is 0.893. The number of nitrogens with zero attached hydrogens (tertiary/aromatic N) is 2. The van der Waals surface area contributed by atoms with E-state index >= 15 is 0 Å². The summed E-state index contributed by atoms with van der Waals surface area (Å²) in [7, 11) is 1.28. The van der Waals surface area contributed by atoms with Gasteiger partial charge in [0.2, 0.25) is 5.91 Å². The first-order valence-corrected chi connectivity index (χ1v) is 11.1. The van der Waals surface area contributed by atoms with E-state index in [4.69, 9.17) is 9.47 Å². The minimum atomic E-state index is -0.754. The maximum Gasteiger partial charge on any atom is 0.328 e. The summed E-state index contributed by atoms with van der Waals surface area (Å²) in [5, 5.41) is 0. The fourth-order valence-corrected chi connectivity index (χ4v) is 5.31. The van der Waals surface area contributed by atoms with Crippen LogP contribution in [0, 0.1) is 5.82 Å². The molecule has 2 aromatic carbocycles. The number of esters is 1. The normalized spacial score (nSPS) is 18.5. The van der Waals surface area contributed by atoms with Crippen LogP contribution in [0.15, 0.2) is 52.9 Å². The summed E-state index contributed by atoms with van der Waals surface area (Å²) < 4.78 is 26.3. The quantitative estimate of drug-likeness (QED) is 0.424. The molecule has 1 aliphatic heterocycles. The number of thioether (sulfide) groups is 1. The van der Waals surface area contributed by atoms with Gasteiger partial charge in [-0.1, -0.05) is 36.0 Å². The number of ether oxygens (including phenoxy) is 2. The molecule has 0 spiro atoms. The van der Waals surface area contributed by atoms with Crippen LogP contribution in [-0.4, -0.2) is 53.3 Å². The molecule has 1 amide bonds. The molecule has 3 aromatic rings. The van der Waals surface area contributed by atoms with Gasteiger partial charge in [-0.2, -0.15) is 0 Å². The molecule has 2 atom stereocenters. The van der Waals surface area contributed by atoms with Gasteiger partial charge in [0, 0.05) is 6.42 Å². The fraction of sp³-hybridized carbons (Fsp3) is 0.286. The number of aromatic nitrogens is 1. The van der Waals surface area contributed by atoms with E-state index in [-0.39, 0.29) is 30.4 Å². The van der Waals surface area contributed by atoms with Gasteiger partial charge in [-0.3, -0.25) is 4.79 Å². The molecule has 0 saturated carbocycles. The van der Waals surface area contributed by atoms with E-state index in [0.29, 0.717) is 0 Å². The highest BCUT2D eigenvalue weighted by Crippen LogP contribution is 2.31. The number of hydrogen-bond acceptors (Lipinski definition) is 7. The number of para-hydroxylation sites is 2. The molecule has 1 fully saturated rings. The van der Waals surface area contributed by atoms with Crippen LogP contribution in [0.1, 0.15) is 6.42 Å². The maximum absolute atomic E-state index is 13.9. The van der Waals surface area contributed by atoms with Crippen molar-refractivity contribution >= 4 is 45.2 Å². The monoisotopic (exact) mass is 446 g/mol. The largest absolute Gasteiger partial charge is 0.485 e. The molecule has 1 aliphatic rings. The number of benzene rings is 2. The van der Waals surface area contributed by atoms with Crippen LogP contribution >= 0.6 is 23.1 Å². The molecular weight excluding hydrogens is 427 g/mol. The Morgan fingerprint density at radius 1 is 1.23 bits per heavy atom. The van der Waals surface area contributed by atoms with Gasteiger partial charge in [0.1, 0.15) is 12.1 Å². The zero-order valence-corrected chi connectivity index (χ0v) is 17.7. The van der Waals surface area contributed by atoms with Crippen molar-refractivity contribution in [2.75, 3.05) is 19.4 Å². The van der Waals surface area contributed by atoms with E-state index < -0.39 is 23.9 Å². The molecule has 9 heteroatoms. The van der Waals surface area contributed by atoms with Gasteiger partial charge in [-0.05, 0) is 24.3 Å². The van der Waals surface area contributed by atoms with E-state index in [0.717, 1.165) is 14.6 Å². The number of likely N-dealkylation sites (tertiary alicyclic amines) is 1. The third-order valence-electron chi connectivity index (χ3n) is 4.78. The fourth-order valence-electron chi connectivity index (χ4n) is 3.36. The summed E-state index contributed by atoms with van der Waals surface area (Å²) in [6.07, 6.45) is -0.249. The van der Waals surface area contributed by atoms with Crippen LogP contribution in [0.2, 0.25) is 0 Å². The second kappa shape index (κ2) is 9.01. The number of methoxy groups -OCH3 is 1. The van der Waals surface area contributed by atoms with Gasteiger partial charge in [0.25, 0.3) is 0 Å². The lowest BCUT2D eigenvalue weighted by Crippen LogP contribution is -2.42. The van der Waals surface area contributed by atoms with Crippen LogP contribution < -0.4 is 4.74 Å². The third kappa shape index (κ3) is 4.41. The average Bonchev–Trinajstić information content (AvgIpc) is 3.37. The van der Waals surface area contributed by atoms with Gasteiger partial charge in [0.15, 0.2) is 15.9 Å².